The lowest BCUT2D eigenvalue weighted by Crippen LogP contribution is -2.60. The van der Waals surface area contributed by atoms with E-state index in [0.717, 1.165) is 57.8 Å². The van der Waals surface area contributed by atoms with Gasteiger partial charge in [0.2, 0.25) is 0 Å². The molecule has 0 radical (unpaired) electrons. The first kappa shape index (κ1) is 68.1. The van der Waals surface area contributed by atoms with Crippen LogP contribution in [0.25, 0.3) is 0 Å². The minimum atomic E-state index is -5.07. The summed E-state index contributed by atoms with van der Waals surface area (Å²) in [6, 6.07) is 0. The van der Waals surface area contributed by atoms with Crippen molar-refractivity contribution in [2.75, 3.05) is 26.4 Å². The van der Waals surface area contributed by atoms with Gasteiger partial charge in [-0.15, -0.1) is 0 Å². The number of unbranched alkanes of at least 4 members (excludes halogenated alkanes) is 31. The highest BCUT2D eigenvalue weighted by Crippen LogP contribution is 2.26. The van der Waals surface area contributed by atoms with Gasteiger partial charge in [0.05, 0.1) is 19.8 Å². The van der Waals surface area contributed by atoms with E-state index in [2.05, 4.69) is 66.6 Å². The number of ether oxygens (including phenoxy) is 4. The zero-order chi connectivity index (χ0) is 52.4. The second-order valence-corrected chi connectivity index (χ2v) is 21.3. The summed E-state index contributed by atoms with van der Waals surface area (Å²) >= 11 is 0. The molecule has 6 atom stereocenters. The zero-order valence-corrected chi connectivity index (χ0v) is 46.6. The monoisotopic (exact) mass is 1040 g/mol. The van der Waals surface area contributed by atoms with Gasteiger partial charge in [-0.05, 0) is 77.0 Å². The Morgan fingerprint density at radius 1 is 0.528 bits per heavy atom. The Labute approximate surface area is 440 Å². The third kappa shape index (κ3) is 42.3. The Kier molecular flexibility index (Phi) is 47.2. The van der Waals surface area contributed by atoms with Crippen molar-refractivity contribution in [3.63, 3.8) is 0 Å². The highest BCUT2D eigenvalue weighted by atomic mass is 32.3. The SMILES string of the molecule is CCCCCCC/C=C\C/C=C\CCCCCCCCCCCCCCOCC(COC1OC(CO)C(O)C(OS(=O)(=O)O)C1O)OC(=O)CCCCCCCCCCC/C=C\C/C=C\CCCCCCC. The summed E-state index contributed by atoms with van der Waals surface area (Å²) in [4.78, 5) is 13.0. The van der Waals surface area contributed by atoms with E-state index in [9.17, 15) is 33.1 Å². The van der Waals surface area contributed by atoms with Crippen molar-refractivity contribution in [1.82, 2.24) is 0 Å². The average molecular weight is 1040 g/mol. The Balaban J connectivity index is 2.29. The molecule has 0 aliphatic carbocycles. The molecular formula is C59H108O12S. The van der Waals surface area contributed by atoms with Crippen molar-refractivity contribution >= 4 is 16.4 Å². The number of esters is 1. The van der Waals surface area contributed by atoms with Crippen molar-refractivity contribution in [2.24, 2.45) is 0 Å². The summed E-state index contributed by atoms with van der Waals surface area (Å²) in [6.07, 6.45) is 54.3. The van der Waals surface area contributed by atoms with Crippen LogP contribution in [-0.2, 0) is 38.3 Å². The molecule has 0 saturated carbocycles. The molecule has 1 saturated heterocycles. The van der Waals surface area contributed by atoms with Crippen LogP contribution in [0.2, 0.25) is 0 Å². The molecule has 72 heavy (non-hydrogen) atoms. The number of hydrogen-bond acceptors (Lipinski definition) is 11. The molecular weight excluding hydrogens is 933 g/mol. The van der Waals surface area contributed by atoms with E-state index in [4.69, 9.17) is 18.9 Å². The molecule has 0 aromatic carbocycles. The minimum Gasteiger partial charge on any atom is -0.457 e. The highest BCUT2D eigenvalue weighted by Gasteiger charge is 2.48. The molecule has 0 spiro atoms. The van der Waals surface area contributed by atoms with Crippen LogP contribution in [0.3, 0.4) is 0 Å². The van der Waals surface area contributed by atoms with Crippen LogP contribution in [0.4, 0.5) is 0 Å². The average Bonchev–Trinajstić information content (AvgIpc) is 3.36. The fraction of sp³-hybridized carbons (Fsp3) is 0.847. The van der Waals surface area contributed by atoms with E-state index >= 15 is 0 Å². The maximum absolute atomic E-state index is 13.0. The van der Waals surface area contributed by atoms with E-state index in [0.29, 0.717) is 13.0 Å². The lowest BCUT2D eigenvalue weighted by atomic mass is 9.99. The summed E-state index contributed by atoms with van der Waals surface area (Å²) in [7, 11) is -5.07. The molecule has 6 unspecified atom stereocenters. The third-order valence-electron chi connectivity index (χ3n) is 13.4. The number of aliphatic hydroxyl groups is 3. The number of allylic oxidation sites excluding steroid dienone is 8. The molecule has 1 aliphatic heterocycles. The van der Waals surface area contributed by atoms with E-state index in [1.165, 1.54) is 173 Å². The van der Waals surface area contributed by atoms with E-state index in [-0.39, 0.29) is 19.6 Å². The maximum atomic E-state index is 13.0. The topological polar surface area (TPSA) is 178 Å². The Hall–Kier alpha value is -1.94. The Morgan fingerprint density at radius 2 is 0.917 bits per heavy atom. The summed E-state index contributed by atoms with van der Waals surface area (Å²) in [5.74, 6) is -0.401. The van der Waals surface area contributed by atoms with Crippen molar-refractivity contribution in [3.8, 4) is 0 Å². The zero-order valence-electron chi connectivity index (χ0n) is 45.7. The number of rotatable bonds is 52. The normalized spacial score (nSPS) is 19.2. The standard InChI is InChI=1S/C59H108O12S/c1-3-5-7-9-11-13-15-17-19-21-23-25-26-27-29-31-33-35-37-39-41-43-45-47-49-67-51-53(52-68-59-57(63)58(71-72(64,65)66)56(62)54(50-60)70-59)69-55(61)48-46-44-42-40-38-36-34-32-30-28-24-22-20-18-16-14-12-10-8-6-4-2/h15-18,21-24,53-54,56-60,62-63H,3-14,19-20,25-52H2,1-2H3,(H,64,65,66)/b17-15-,18-16-,23-21-,24-22-. The summed E-state index contributed by atoms with van der Waals surface area (Å²) in [5.41, 5.74) is 0. The molecule has 12 nitrogen and oxygen atoms in total. The quantitative estimate of drug-likeness (QED) is 0.0196. The predicted octanol–water partition coefficient (Wildman–Crippen LogP) is 14.6. The molecule has 1 aliphatic rings. The maximum Gasteiger partial charge on any atom is 0.397 e. The van der Waals surface area contributed by atoms with E-state index < -0.39 is 59.8 Å². The largest absolute Gasteiger partial charge is 0.457 e. The smallest absolute Gasteiger partial charge is 0.397 e. The molecule has 0 aromatic heterocycles. The predicted molar refractivity (Wildman–Crippen MR) is 294 cm³/mol. The van der Waals surface area contributed by atoms with Crippen LogP contribution in [0.15, 0.2) is 48.6 Å². The van der Waals surface area contributed by atoms with Gasteiger partial charge >= 0.3 is 16.4 Å². The number of carbonyl (C=O) groups is 1. The van der Waals surface area contributed by atoms with E-state index in [1.54, 1.807) is 0 Å². The minimum absolute atomic E-state index is 0.0339. The summed E-state index contributed by atoms with van der Waals surface area (Å²) in [5, 5.41) is 30.9. The molecule has 422 valence electrons. The fourth-order valence-electron chi connectivity index (χ4n) is 8.97. The molecule has 0 bridgehead atoms. The molecule has 13 heteroatoms. The summed E-state index contributed by atoms with van der Waals surface area (Å²) in [6.45, 7) is 4.00. The van der Waals surface area contributed by atoms with Gasteiger partial charge in [0.25, 0.3) is 0 Å². The Morgan fingerprint density at radius 3 is 1.32 bits per heavy atom. The second kappa shape index (κ2) is 49.9. The van der Waals surface area contributed by atoms with Crippen molar-refractivity contribution in [1.29, 1.82) is 0 Å². The first-order valence-corrected chi connectivity index (χ1v) is 30.8. The molecule has 1 rings (SSSR count). The lowest BCUT2D eigenvalue weighted by Gasteiger charge is -2.41. The van der Waals surface area contributed by atoms with Crippen LogP contribution in [-0.4, -0.2) is 97.5 Å². The number of hydrogen-bond donors (Lipinski definition) is 4. The fourth-order valence-corrected chi connectivity index (χ4v) is 9.48. The second-order valence-electron chi connectivity index (χ2n) is 20.2. The van der Waals surface area contributed by atoms with Gasteiger partial charge in [-0.2, -0.15) is 8.42 Å². The van der Waals surface area contributed by atoms with Crippen molar-refractivity contribution < 1.29 is 56.2 Å². The van der Waals surface area contributed by atoms with Gasteiger partial charge in [0.1, 0.15) is 30.5 Å². The molecule has 0 aromatic rings. The first-order chi connectivity index (χ1) is 35.1. The van der Waals surface area contributed by atoms with Crippen LogP contribution in [0.5, 0.6) is 0 Å². The van der Waals surface area contributed by atoms with Gasteiger partial charge in [0, 0.05) is 13.0 Å². The highest BCUT2D eigenvalue weighted by molar-refractivity contribution is 7.80. The molecule has 0 amide bonds. The van der Waals surface area contributed by atoms with Crippen LogP contribution < -0.4 is 0 Å². The molecule has 1 fully saturated rings. The van der Waals surface area contributed by atoms with Gasteiger partial charge < -0.3 is 34.3 Å². The third-order valence-corrected chi connectivity index (χ3v) is 13.9. The number of carbonyl (C=O) groups excluding carboxylic acids is 1. The van der Waals surface area contributed by atoms with Crippen LogP contribution >= 0.6 is 0 Å². The summed E-state index contributed by atoms with van der Waals surface area (Å²) < 4.78 is 59.5. The van der Waals surface area contributed by atoms with Gasteiger partial charge in [0.15, 0.2) is 6.29 Å². The Bertz CT molecular complexity index is 1430. The van der Waals surface area contributed by atoms with Gasteiger partial charge in [-0.1, -0.05) is 223 Å². The number of aliphatic hydroxyl groups excluding tert-OH is 3. The van der Waals surface area contributed by atoms with Crippen LogP contribution in [0.1, 0.15) is 258 Å². The van der Waals surface area contributed by atoms with Crippen LogP contribution in [0, 0.1) is 0 Å². The lowest BCUT2D eigenvalue weighted by molar-refractivity contribution is -0.301. The van der Waals surface area contributed by atoms with Gasteiger partial charge in [-0.3, -0.25) is 9.35 Å². The molecule has 4 N–H and O–H groups in total. The van der Waals surface area contributed by atoms with Gasteiger partial charge in [-0.25, -0.2) is 4.18 Å². The van der Waals surface area contributed by atoms with E-state index in [1.807, 2.05) is 0 Å². The van der Waals surface area contributed by atoms with Crippen molar-refractivity contribution in [3.05, 3.63) is 48.6 Å². The van der Waals surface area contributed by atoms with Crippen molar-refractivity contribution in [2.45, 2.75) is 295 Å². The molecule has 1 heterocycles. The first-order valence-electron chi connectivity index (χ1n) is 29.4.